The van der Waals surface area contributed by atoms with Crippen LogP contribution in [-0.4, -0.2) is 11.1 Å². The van der Waals surface area contributed by atoms with Crippen molar-refractivity contribution in [2.75, 3.05) is 5.73 Å². The maximum Gasteiger partial charge on any atom is 0.337 e. The minimum atomic E-state index is -1.11. The zero-order chi connectivity index (χ0) is 11.0. The van der Waals surface area contributed by atoms with Gasteiger partial charge in [0.2, 0.25) is 0 Å². The van der Waals surface area contributed by atoms with Gasteiger partial charge in [0.15, 0.2) is 0 Å². The first-order chi connectivity index (χ1) is 7.09. The monoisotopic (exact) mass is 205 g/mol. The number of nitrogen functional groups attached to an aromatic ring is 1. The summed E-state index contributed by atoms with van der Waals surface area (Å²) in [6.07, 6.45) is 0. The van der Waals surface area contributed by atoms with Crippen molar-refractivity contribution in [1.29, 1.82) is 0 Å². The number of hydrogen-bond donors (Lipinski definition) is 2. The molecule has 0 amide bonds. The van der Waals surface area contributed by atoms with E-state index < -0.39 is 11.8 Å². The third-order valence-electron chi connectivity index (χ3n) is 2.26. The van der Waals surface area contributed by atoms with E-state index in [0.717, 1.165) is 5.39 Å². The van der Waals surface area contributed by atoms with Crippen LogP contribution in [-0.2, 0) is 0 Å². The van der Waals surface area contributed by atoms with Gasteiger partial charge in [-0.1, -0.05) is 12.1 Å². The summed E-state index contributed by atoms with van der Waals surface area (Å²) in [6, 6.07) is 7.12. The lowest BCUT2D eigenvalue weighted by Crippen LogP contribution is -2.02. The van der Waals surface area contributed by atoms with Gasteiger partial charge in [0.05, 0.1) is 11.3 Å². The number of carboxylic acid groups (broad SMARTS) is 1. The van der Waals surface area contributed by atoms with Gasteiger partial charge in [-0.25, -0.2) is 9.18 Å². The molecular formula is C11H8FNO2. The highest BCUT2D eigenvalue weighted by molar-refractivity contribution is 6.04. The number of benzene rings is 2. The van der Waals surface area contributed by atoms with Crippen LogP contribution in [0.4, 0.5) is 10.1 Å². The number of anilines is 1. The highest BCUT2D eigenvalue weighted by atomic mass is 19.1. The standard InChI is InChI=1S/C11H8FNO2/c12-7-3-1-6-2-4-8(11(14)15)10(13)9(6)5-7/h1-5H,13H2,(H,14,15). The number of aromatic carboxylic acids is 1. The summed E-state index contributed by atoms with van der Waals surface area (Å²) in [6.45, 7) is 0. The molecular weight excluding hydrogens is 197 g/mol. The van der Waals surface area contributed by atoms with Gasteiger partial charge < -0.3 is 10.8 Å². The first-order valence-electron chi connectivity index (χ1n) is 4.30. The van der Waals surface area contributed by atoms with Gasteiger partial charge in [-0.05, 0) is 23.6 Å². The van der Waals surface area contributed by atoms with Gasteiger partial charge in [0.25, 0.3) is 0 Å². The minimum Gasteiger partial charge on any atom is -0.478 e. The molecule has 0 aliphatic heterocycles. The van der Waals surface area contributed by atoms with Crippen molar-refractivity contribution >= 4 is 22.4 Å². The summed E-state index contributed by atoms with van der Waals surface area (Å²) < 4.78 is 12.9. The Morgan fingerprint density at radius 2 is 1.93 bits per heavy atom. The maximum absolute atomic E-state index is 12.9. The predicted octanol–water partition coefficient (Wildman–Crippen LogP) is 2.26. The molecule has 0 aliphatic rings. The third kappa shape index (κ3) is 1.50. The average molecular weight is 205 g/mol. The Labute approximate surface area is 84.9 Å². The average Bonchev–Trinajstić information content (AvgIpc) is 2.19. The summed E-state index contributed by atoms with van der Waals surface area (Å²) in [5.41, 5.74) is 5.73. The molecule has 0 radical (unpaired) electrons. The van der Waals surface area contributed by atoms with E-state index in [2.05, 4.69) is 0 Å². The minimum absolute atomic E-state index is 0.00639. The van der Waals surface area contributed by atoms with Crippen molar-refractivity contribution in [3.8, 4) is 0 Å². The van der Waals surface area contributed by atoms with E-state index in [1.54, 1.807) is 12.1 Å². The van der Waals surface area contributed by atoms with Crippen molar-refractivity contribution in [2.45, 2.75) is 0 Å². The number of carbonyl (C=O) groups is 1. The molecule has 3 nitrogen and oxygen atoms in total. The molecule has 2 rings (SSSR count). The van der Waals surface area contributed by atoms with Crippen LogP contribution in [0.1, 0.15) is 10.4 Å². The van der Waals surface area contributed by atoms with Crippen molar-refractivity contribution in [1.82, 2.24) is 0 Å². The Morgan fingerprint density at radius 3 is 2.60 bits per heavy atom. The zero-order valence-electron chi connectivity index (χ0n) is 7.70. The van der Waals surface area contributed by atoms with E-state index in [4.69, 9.17) is 10.8 Å². The Balaban J connectivity index is 2.82. The topological polar surface area (TPSA) is 63.3 Å². The van der Waals surface area contributed by atoms with Gasteiger partial charge in [0.1, 0.15) is 5.82 Å². The first-order valence-corrected chi connectivity index (χ1v) is 4.30. The lowest BCUT2D eigenvalue weighted by Gasteiger charge is -2.05. The van der Waals surface area contributed by atoms with E-state index >= 15 is 0 Å². The van der Waals surface area contributed by atoms with Crippen LogP contribution >= 0.6 is 0 Å². The number of fused-ring (bicyclic) bond motifs is 1. The quantitative estimate of drug-likeness (QED) is 0.702. The normalized spacial score (nSPS) is 10.5. The predicted molar refractivity (Wildman–Crippen MR) is 55.3 cm³/mol. The Hall–Kier alpha value is -2.10. The van der Waals surface area contributed by atoms with Crippen LogP contribution < -0.4 is 5.73 Å². The fourth-order valence-electron chi connectivity index (χ4n) is 1.50. The fourth-order valence-corrected chi connectivity index (χ4v) is 1.50. The molecule has 4 heteroatoms. The summed E-state index contributed by atoms with van der Waals surface area (Å²) in [5.74, 6) is -1.55. The molecule has 0 bridgehead atoms. The number of hydrogen-bond acceptors (Lipinski definition) is 2. The number of carboxylic acids is 1. The molecule has 0 heterocycles. The maximum atomic E-state index is 12.9. The van der Waals surface area contributed by atoms with E-state index in [1.807, 2.05) is 0 Å². The van der Waals surface area contributed by atoms with Gasteiger partial charge in [-0.3, -0.25) is 0 Å². The van der Waals surface area contributed by atoms with Gasteiger partial charge in [-0.2, -0.15) is 0 Å². The lowest BCUT2D eigenvalue weighted by molar-refractivity contribution is 0.0698. The van der Waals surface area contributed by atoms with E-state index in [-0.39, 0.29) is 11.3 Å². The smallest absolute Gasteiger partial charge is 0.337 e. The molecule has 2 aromatic carbocycles. The second-order valence-electron chi connectivity index (χ2n) is 3.20. The summed E-state index contributed by atoms with van der Waals surface area (Å²) >= 11 is 0. The molecule has 0 aliphatic carbocycles. The molecule has 0 spiro atoms. The summed E-state index contributed by atoms with van der Waals surface area (Å²) in [7, 11) is 0. The molecule has 3 N–H and O–H groups in total. The molecule has 2 aromatic rings. The number of halogens is 1. The van der Waals surface area contributed by atoms with Crippen molar-refractivity contribution in [3.05, 3.63) is 41.7 Å². The largest absolute Gasteiger partial charge is 0.478 e. The molecule has 0 saturated heterocycles. The van der Waals surface area contributed by atoms with Crippen LogP contribution in [0.3, 0.4) is 0 Å². The van der Waals surface area contributed by atoms with Crippen molar-refractivity contribution in [3.63, 3.8) is 0 Å². The SMILES string of the molecule is Nc1c(C(=O)O)ccc2ccc(F)cc12. The molecule has 0 atom stereocenters. The fraction of sp³-hybridized carbons (Fsp3) is 0. The third-order valence-corrected chi connectivity index (χ3v) is 2.26. The molecule has 0 unspecified atom stereocenters. The van der Waals surface area contributed by atoms with E-state index in [9.17, 15) is 9.18 Å². The second-order valence-corrected chi connectivity index (χ2v) is 3.20. The van der Waals surface area contributed by atoms with Gasteiger partial charge >= 0.3 is 5.97 Å². The summed E-state index contributed by atoms with van der Waals surface area (Å²) in [4.78, 5) is 10.8. The molecule has 15 heavy (non-hydrogen) atoms. The van der Waals surface area contributed by atoms with Crippen molar-refractivity contribution in [2.24, 2.45) is 0 Å². The highest BCUT2D eigenvalue weighted by Gasteiger charge is 2.10. The number of nitrogens with two attached hydrogens (primary N) is 1. The van der Waals surface area contributed by atoms with Gasteiger partial charge in [-0.15, -0.1) is 0 Å². The molecule has 76 valence electrons. The van der Waals surface area contributed by atoms with E-state index in [0.29, 0.717) is 5.39 Å². The first kappa shape index (κ1) is 9.45. The number of rotatable bonds is 1. The zero-order valence-corrected chi connectivity index (χ0v) is 7.70. The Kier molecular flexibility index (Phi) is 2.04. The lowest BCUT2D eigenvalue weighted by atomic mass is 10.0. The molecule has 0 saturated carbocycles. The van der Waals surface area contributed by atoms with Crippen LogP contribution in [0, 0.1) is 5.82 Å². The second kappa shape index (κ2) is 3.24. The Morgan fingerprint density at radius 1 is 1.27 bits per heavy atom. The van der Waals surface area contributed by atoms with Crippen LogP contribution in [0.2, 0.25) is 0 Å². The highest BCUT2D eigenvalue weighted by Crippen LogP contribution is 2.25. The van der Waals surface area contributed by atoms with Crippen LogP contribution in [0.15, 0.2) is 30.3 Å². The molecule has 0 aromatic heterocycles. The Bertz CT molecular complexity index is 552. The van der Waals surface area contributed by atoms with Crippen molar-refractivity contribution < 1.29 is 14.3 Å². The molecule has 0 fully saturated rings. The van der Waals surface area contributed by atoms with Gasteiger partial charge in [0, 0.05) is 5.39 Å². The van der Waals surface area contributed by atoms with E-state index in [1.165, 1.54) is 18.2 Å². The summed E-state index contributed by atoms with van der Waals surface area (Å²) in [5, 5.41) is 9.97. The van der Waals surface area contributed by atoms with Crippen LogP contribution in [0.5, 0.6) is 0 Å². The van der Waals surface area contributed by atoms with Crippen LogP contribution in [0.25, 0.3) is 10.8 Å².